The highest BCUT2D eigenvalue weighted by molar-refractivity contribution is 5.95. The fourth-order valence-corrected chi connectivity index (χ4v) is 1.52. The smallest absolute Gasteiger partial charge is 0.338 e. The molecule has 0 fully saturated rings. The molecule has 6 nitrogen and oxygen atoms in total. The maximum absolute atomic E-state index is 11.8. The SMILES string of the molecule is COC[C@H](N)C(=O)Nc1ccc(C(=O)OC(C)(C)C)cc1. The Morgan fingerprint density at radius 2 is 1.81 bits per heavy atom. The Morgan fingerprint density at radius 1 is 1.24 bits per heavy atom. The summed E-state index contributed by atoms with van der Waals surface area (Å²) in [7, 11) is 1.47. The van der Waals surface area contributed by atoms with E-state index >= 15 is 0 Å². The number of ether oxygens (including phenoxy) is 2. The third-order valence-corrected chi connectivity index (χ3v) is 2.47. The highest BCUT2D eigenvalue weighted by Crippen LogP contribution is 2.14. The van der Waals surface area contributed by atoms with Gasteiger partial charge in [0.1, 0.15) is 11.6 Å². The summed E-state index contributed by atoms with van der Waals surface area (Å²) in [6.07, 6.45) is 0. The van der Waals surface area contributed by atoms with Gasteiger partial charge < -0.3 is 20.5 Å². The molecule has 0 spiro atoms. The maximum Gasteiger partial charge on any atom is 0.338 e. The van der Waals surface area contributed by atoms with E-state index in [2.05, 4.69) is 5.32 Å². The molecule has 116 valence electrons. The van der Waals surface area contributed by atoms with Gasteiger partial charge >= 0.3 is 5.97 Å². The number of benzene rings is 1. The highest BCUT2D eigenvalue weighted by Gasteiger charge is 2.18. The molecular weight excluding hydrogens is 272 g/mol. The fourth-order valence-electron chi connectivity index (χ4n) is 1.52. The van der Waals surface area contributed by atoms with Crippen LogP contribution in [-0.4, -0.2) is 37.2 Å². The molecule has 0 aliphatic carbocycles. The molecule has 0 unspecified atom stereocenters. The normalized spacial score (nSPS) is 12.6. The molecular formula is C15H22N2O4. The molecule has 0 saturated carbocycles. The monoisotopic (exact) mass is 294 g/mol. The molecule has 0 heterocycles. The Morgan fingerprint density at radius 3 is 2.29 bits per heavy atom. The van der Waals surface area contributed by atoms with Crippen molar-refractivity contribution in [1.29, 1.82) is 0 Å². The van der Waals surface area contributed by atoms with E-state index in [0.717, 1.165) is 0 Å². The van der Waals surface area contributed by atoms with Crippen LogP contribution in [0.25, 0.3) is 0 Å². The van der Waals surface area contributed by atoms with Gasteiger partial charge in [-0.2, -0.15) is 0 Å². The minimum absolute atomic E-state index is 0.141. The summed E-state index contributed by atoms with van der Waals surface area (Å²) >= 11 is 0. The predicted octanol–water partition coefficient (Wildman–Crippen LogP) is 1.55. The molecule has 0 aliphatic heterocycles. The lowest BCUT2D eigenvalue weighted by Gasteiger charge is -2.19. The lowest BCUT2D eigenvalue weighted by atomic mass is 10.1. The van der Waals surface area contributed by atoms with Crippen molar-refractivity contribution in [1.82, 2.24) is 0 Å². The van der Waals surface area contributed by atoms with Crippen molar-refractivity contribution in [3.8, 4) is 0 Å². The summed E-state index contributed by atoms with van der Waals surface area (Å²) in [5, 5.41) is 2.64. The topological polar surface area (TPSA) is 90.6 Å². The number of rotatable bonds is 5. The number of carbonyl (C=O) groups is 2. The first kappa shape index (κ1) is 17.1. The van der Waals surface area contributed by atoms with Crippen molar-refractivity contribution >= 4 is 17.6 Å². The first-order valence-electron chi connectivity index (χ1n) is 6.62. The number of amides is 1. The number of anilines is 1. The number of nitrogens with two attached hydrogens (primary N) is 1. The van der Waals surface area contributed by atoms with E-state index in [1.54, 1.807) is 45.0 Å². The van der Waals surface area contributed by atoms with Crippen molar-refractivity contribution in [3.63, 3.8) is 0 Å². The van der Waals surface area contributed by atoms with Crippen LogP contribution in [-0.2, 0) is 14.3 Å². The lowest BCUT2D eigenvalue weighted by molar-refractivity contribution is -0.118. The van der Waals surface area contributed by atoms with Crippen molar-refractivity contribution in [3.05, 3.63) is 29.8 Å². The van der Waals surface area contributed by atoms with E-state index in [-0.39, 0.29) is 12.5 Å². The van der Waals surface area contributed by atoms with Crippen molar-refractivity contribution in [2.75, 3.05) is 19.0 Å². The zero-order valence-electron chi connectivity index (χ0n) is 12.8. The van der Waals surface area contributed by atoms with Gasteiger partial charge in [0.2, 0.25) is 5.91 Å². The van der Waals surface area contributed by atoms with Crippen LogP contribution < -0.4 is 11.1 Å². The zero-order chi connectivity index (χ0) is 16.0. The third kappa shape index (κ3) is 5.93. The number of carbonyl (C=O) groups excluding carboxylic acids is 2. The van der Waals surface area contributed by atoms with Crippen molar-refractivity contribution in [2.24, 2.45) is 5.73 Å². The van der Waals surface area contributed by atoms with Crippen LogP contribution in [0.15, 0.2) is 24.3 Å². The van der Waals surface area contributed by atoms with Gasteiger partial charge in [0.15, 0.2) is 0 Å². The standard InChI is InChI=1S/C15H22N2O4/c1-15(2,3)21-14(19)10-5-7-11(8-6-10)17-13(18)12(16)9-20-4/h5-8,12H,9,16H2,1-4H3,(H,17,18)/t12-/m0/s1. The van der Waals surface area contributed by atoms with Gasteiger partial charge in [0.05, 0.1) is 12.2 Å². The molecule has 1 rings (SSSR count). The predicted molar refractivity (Wildman–Crippen MR) is 80.1 cm³/mol. The molecule has 21 heavy (non-hydrogen) atoms. The van der Waals surface area contributed by atoms with E-state index < -0.39 is 17.6 Å². The number of hydrogen-bond donors (Lipinski definition) is 2. The number of hydrogen-bond acceptors (Lipinski definition) is 5. The summed E-state index contributed by atoms with van der Waals surface area (Å²) in [5.41, 5.74) is 6.04. The van der Waals surface area contributed by atoms with Gasteiger partial charge in [0.25, 0.3) is 0 Å². The molecule has 0 aliphatic rings. The molecule has 1 aromatic carbocycles. The van der Waals surface area contributed by atoms with Crippen LogP contribution in [0, 0.1) is 0 Å². The van der Waals surface area contributed by atoms with Crippen LogP contribution in [0.3, 0.4) is 0 Å². The van der Waals surface area contributed by atoms with Gasteiger partial charge in [-0.05, 0) is 45.0 Å². The molecule has 0 aromatic heterocycles. The Kier molecular flexibility index (Phi) is 5.87. The Hall–Kier alpha value is -1.92. The third-order valence-electron chi connectivity index (χ3n) is 2.47. The molecule has 0 bridgehead atoms. The molecule has 6 heteroatoms. The van der Waals surface area contributed by atoms with E-state index in [1.165, 1.54) is 7.11 Å². The number of methoxy groups -OCH3 is 1. The minimum atomic E-state index is -0.736. The Balaban J connectivity index is 2.66. The molecule has 1 atom stereocenters. The summed E-state index contributed by atoms with van der Waals surface area (Å²) in [6, 6.07) is 5.69. The Bertz CT molecular complexity index is 491. The van der Waals surface area contributed by atoms with Crippen LogP contribution in [0.1, 0.15) is 31.1 Å². The van der Waals surface area contributed by atoms with E-state index in [4.69, 9.17) is 15.2 Å². The molecule has 0 saturated heterocycles. The molecule has 3 N–H and O–H groups in total. The second-order valence-corrected chi connectivity index (χ2v) is 5.63. The average molecular weight is 294 g/mol. The lowest BCUT2D eigenvalue weighted by Crippen LogP contribution is -2.39. The van der Waals surface area contributed by atoms with Gasteiger partial charge in [-0.25, -0.2) is 4.79 Å². The van der Waals surface area contributed by atoms with Crippen LogP contribution in [0.5, 0.6) is 0 Å². The summed E-state index contributed by atoms with van der Waals surface area (Å²) in [4.78, 5) is 23.5. The quantitative estimate of drug-likeness (QED) is 0.804. The average Bonchev–Trinajstić information content (AvgIpc) is 2.37. The van der Waals surface area contributed by atoms with Gasteiger partial charge in [-0.3, -0.25) is 4.79 Å². The largest absolute Gasteiger partial charge is 0.456 e. The minimum Gasteiger partial charge on any atom is -0.456 e. The number of nitrogens with one attached hydrogen (secondary N) is 1. The van der Waals surface area contributed by atoms with E-state index in [9.17, 15) is 9.59 Å². The number of esters is 1. The van der Waals surface area contributed by atoms with Crippen LogP contribution in [0.2, 0.25) is 0 Å². The zero-order valence-corrected chi connectivity index (χ0v) is 12.8. The summed E-state index contributed by atoms with van der Waals surface area (Å²) < 4.78 is 10.1. The van der Waals surface area contributed by atoms with Crippen LogP contribution >= 0.6 is 0 Å². The first-order valence-corrected chi connectivity index (χ1v) is 6.62. The van der Waals surface area contributed by atoms with E-state index in [0.29, 0.717) is 11.3 Å². The van der Waals surface area contributed by atoms with Crippen molar-refractivity contribution < 1.29 is 19.1 Å². The molecule has 1 amide bonds. The summed E-state index contributed by atoms with van der Waals surface area (Å²) in [6.45, 7) is 5.55. The second kappa shape index (κ2) is 7.19. The molecule has 0 radical (unpaired) electrons. The van der Waals surface area contributed by atoms with Gasteiger partial charge in [-0.15, -0.1) is 0 Å². The van der Waals surface area contributed by atoms with Crippen LogP contribution in [0.4, 0.5) is 5.69 Å². The van der Waals surface area contributed by atoms with E-state index in [1.807, 2.05) is 0 Å². The maximum atomic E-state index is 11.8. The van der Waals surface area contributed by atoms with Gasteiger partial charge in [-0.1, -0.05) is 0 Å². The van der Waals surface area contributed by atoms with Crippen molar-refractivity contribution in [2.45, 2.75) is 32.4 Å². The highest BCUT2D eigenvalue weighted by atomic mass is 16.6. The first-order chi connectivity index (χ1) is 9.73. The Labute approximate surface area is 124 Å². The summed E-state index contributed by atoms with van der Waals surface area (Å²) in [5.74, 6) is -0.752. The molecule has 1 aromatic rings. The van der Waals surface area contributed by atoms with Gasteiger partial charge in [0, 0.05) is 12.8 Å². The fraction of sp³-hybridized carbons (Fsp3) is 0.467. The second-order valence-electron chi connectivity index (χ2n) is 5.63.